The number of ketones is 1. The van der Waals surface area contributed by atoms with E-state index < -0.39 is 29.4 Å². The van der Waals surface area contributed by atoms with E-state index in [1.54, 1.807) is 0 Å². The standard InChI is InChI=1S/C15H22O6/c1-8-3-10(16)6-15(21-8)5-9-4-12(17)14(2,19)13(18)11(9)7-20-15/h8,10,12,16-17,19H,3-7H2,1-2H3. The van der Waals surface area contributed by atoms with Crippen LogP contribution >= 0.6 is 0 Å². The van der Waals surface area contributed by atoms with Gasteiger partial charge in [-0.15, -0.1) is 0 Å². The molecule has 1 aliphatic carbocycles. The van der Waals surface area contributed by atoms with Crippen molar-refractivity contribution in [2.75, 3.05) is 6.61 Å². The van der Waals surface area contributed by atoms with Crippen molar-refractivity contribution < 1.29 is 29.6 Å². The van der Waals surface area contributed by atoms with E-state index in [2.05, 4.69) is 0 Å². The van der Waals surface area contributed by atoms with Gasteiger partial charge in [-0.1, -0.05) is 5.57 Å². The highest BCUT2D eigenvalue weighted by Crippen LogP contribution is 2.44. The maximum absolute atomic E-state index is 12.3. The molecule has 3 aliphatic rings. The van der Waals surface area contributed by atoms with Crippen LogP contribution in [0.3, 0.4) is 0 Å². The summed E-state index contributed by atoms with van der Waals surface area (Å²) in [6.45, 7) is 3.26. The van der Waals surface area contributed by atoms with Crippen LogP contribution < -0.4 is 0 Å². The normalized spacial score (nSPS) is 47.7. The Labute approximate surface area is 123 Å². The molecule has 0 saturated carbocycles. The minimum absolute atomic E-state index is 0.0521. The second-order valence-electron chi connectivity index (χ2n) is 6.68. The number of carbonyl (C=O) groups excluding carboxylic acids is 1. The number of carbonyl (C=O) groups is 1. The fourth-order valence-corrected chi connectivity index (χ4v) is 3.59. The Morgan fingerprint density at radius 2 is 2.05 bits per heavy atom. The van der Waals surface area contributed by atoms with E-state index in [1.165, 1.54) is 6.92 Å². The van der Waals surface area contributed by atoms with Gasteiger partial charge in [-0.2, -0.15) is 0 Å². The Bertz CT molecular complexity index is 484. The Kier molecular flexibility index (Phi) is 3.50. The van der Waals surface area contributed by atoms with Gasteiger partial charge in [0.25, 0.3) is 0 Å². The molecular formula is C15H22O6. The van der Waals surface area contributed by atoms with E-state index in [4.69, 9.17) is 9.47 Å². The zero-order valence-electron chi connectivity index (χ0n) is 12.3. The minimum atomic E-state index is -1.76. The van der Waals surface area contributed by atoms with Gasteiger partial charge in [-0.3, -0.25) is 4.79 Å². The minimum Gasteiger partial charge on any atom is -0.393 e. The lowest BCUT2D eigenvalue weighted by Crippen LogP contribution is -2.56. The maximum atomic E-state index is 12.3. The van der Waals surface area contributed by atoms with Crippen LogP contribution in [0.5, 0.6) is 0 Å². The molecule has 0 aromatic rings. The molecule has 0 radical (unpaired) electrons. The molecule has 0 amide bonds. The summed E-state index contributed by atoms with van der Waals surface area (Å²) in [6.07, 6.45) is -0.242. The predicted octanol–water partition coefficient (Wildman–Crippen LogP) is 0.0441. The van der Waals surface area contributed by atoms with Gasteiger partial charge < -0.3 is 24.8 Å². The van der Waals surface area contributed by atoms with Crippen LogP contribution in [-0.2, 0) is 14.3 Å². The first-order chi connectivity index (χ1) is 9.73. The maximum Gasteiger partial charge on any atom is 0.195 e. The Morgan fingerprint density at radius 3 is 2.71 bits per heavy atom. The summed E-state index contributed by atoms with van der Waals surface area (Å²) in [5.74, 6) is -1.39. The summed E-state index contributed by atoms with van der Waals surface area (Å²) in [7, 11) is 0. The van der Waals surface area contributed by atoms with Crippen molar-refractivity contribution in [2.24, 2.45) is 0 Å². The van der Waals surface area contributed by atoms with Gasteiger partial charge in [0.2, 0.25) is 0 Å². The SMILES string of the molecule is CC1CC(O)CC2(CC3=C(CO2)C(=O)C(C)(O)C(O)C3)O1. The molecule has 21 heavy (non-hydrogen) atoms. The number of Topliss-reactive ketones (excluding diaryl/α,β-unsaturated/α-hetero) is 1. The molecule has 118 valence electrons. The number of aliphatic hydroxyl groups excluding tert-OH is 2. The first-order valence-corrected chi connectivity index (χ1v) is 7.39. The van der Waals surface area contributed by atoms with E-state index in [-0.39, 0.29) is 19.1 Å². The molecule has 2 aliphatic heterocycles. The largest absolute Gasteiger partial charge is 0.393 e. The number of ether oxygens (including phenoxy) is 2. The Hall–Kier alpha value is -0.790. The summed E-state index contributed by atoms with van der Waals surface area (Å²) in [5, 5.41) is 30.0. The average molecular weight is 298 g/mol. The fourth-order valence-electron chi connectivity index (χ4n) is 3.59. The summed E-state index contributed by atoms with van der Waals surface area (Å²) in [5.41, 5.74) is -0.550. The second kappa shape index (κ2) is 4.86. The molecular weight excluding hydrogens is 276 g/mol. The van der Waals surface area contributed by atoms with Gasteiger partial charge in [0.15, 0.2) is 17.2 Å². The highest BCUT2D eigenvalue weighted by atomic mass is 16.7. The fraction of sp³-hybridized carbons (Fsp3) is 0.800. The highest BCUT2D eigenvalue weighted by molar-refractivity contribution is 6.04. The summed E-state index contributed by atoms with van der Waals surface area (Å²) < 4.78 is 11.6. The van der Waals surface area contributed by atoms with E-state index in [1.807, 2.05) is 6.92 Å². The lowest BCUT2D eigenvalue weighted by molar-refractivity contribution is -0.293. The topological polar surface area (TPSA) is 96.2 Å². The average Bonchev–Trinajstić information content (AvgIpc) is 2.35. The van der Waals surface area contributed by atoms with Gasteiger partial charge in [0.05, 0.1) is 24.9 Å². The zero-order chi connectivity index (χ0) is 15.4. The van der Waals surface area contributed by atoms with Crippen LogP contribution in [0.2, 0.25) is 0 Å². The number of hydrogen-bond donors (Lipinski definition) is 3. The van der Waals surface area contributed by atoms with Crippen molar-refractivity contribution in [2.45, 2.75) is 69.2 Å². The number of rotatable bonds is 0. The quantitative estimate of drug-likeness (QED) is 0.584. The van der Waals surface area contributed by atoms with Crippen LogP contribution in [-0.4, -0.2) is 57.4 Å². The third-order valence-electron chi connectivity index (χ3n) is 4.78. The molecule has 1 spiro atoms. The van der Waals surface area contributed by atoms with Crippen molar-refractivity contribution in [1.82, 2.24) is 0 Å². The molecule has 6 heteroatoms. The van der Waals surface area contributed by atoms with Gasteiger partial charge in [-0.25, -0.2) is 0 Å². The van der Waals surface area contributed by atoms with Crippen molar-refractivity contribution in [3.63, 3.8) is 0 Å². The van der Waals surface area contributed by atoms with Gasteiger partial charge in [-0.05, 0) is 26.7 Å². The number of hydrogen-bond acceptors (Lipinski definition) is 6. The van der Waals surface area contributed by atoms with Crippen LogP contribution in [0.15, 0.2) is 11.1 Å². The molecule has 5 unspecified atom stereocenters. The molecule has 5 atom stereocenters. The molecule has 1 saturated heterocycles. The van der Waals surface area contributed by atoms with Crippen molar-refractivity contribution >= 4 is 5.78 Å². The van der Waals surface area contributed by atoms with Gasteiger partial charge in [0.1, 0.15) is 0 Å². The van der Waals surface area contributed by atoms with E-state index in [0.29, 0.717) is 24.8 Å². The predicted molar refractivity (Wildman–Crippen MR) is 72.4 cm³/mol. The molecule has 6 nitrogen and oxygen atoms in total. The van der Waals surface area contributed by atoms with Crippen LogP contribution in [0.4, 0.5) is 0 Å². The van der Waals surface area contributed by atoms with Gasteiger partial charge >= 0.3 is 0 Å². The van der Waals surface area contributed by atoms with E-state index in [9.17, 15) is 20.1 Å². The lowest BCUT2D eigenvalue weighted by Gasteiger charge is -2.47. The van der Waals surface area contributed by atoms with Crippen LogP contribution in [0.1, 0.15) is 39.5 Å². The van der Waals surface area contributed by atoms with Gasteiger partial charge in [0, 0.05) is 18.4 Å². The molecule has 3 rings (SSSR count). The molecule has 0 aromatic carbocycles. The Balaban J connectivity index is 1.88. The lowest BCUT2D eigenvalue weighted by atomic mass is 9.74. The van der Waals surface area contributed by atoms with Crippen molar-refractivity contribution in [1.29, 1.82) is 0 Å². The first-order valence-electron chi connectivity index (χ1n) is 7.39. The highest BCUT2D eigenvalue weighted by Gasteiger charge is 2.51. The molecule has 2 heterocycles. The Morgan fingerprint density at radius 1 is 1.33 bits per heavy atom. The zero-order valence-corrected chi connectivity index (χ0v) is 12.3. The van der Waals surface area contributed by atoms with Crippen LogP contribution in [0, 0.1) is 0 Å². The monoisotopic (exact) mass is 298 g/mol. The van der Waals surface area contributed by atoms with E-state index >= 15 is 0 Å². The first kappa shape index (κ1) is 15.1. The van der Waals surface area contributed by atoms with Crippen molar-refractivity contribution in [3.8, 4) is 0 Å². The smallest absolute Gasteiger partial charge is 0.195 e. The molecule has 1 fully saturated rings. The van der Waals surface area contributed by atoms with E-state index in [0.717, 1.165) is 5.57 Å². The van der Waals surface area contributed by atoms with Crippen molar-refractivity contribution in [3.05, 3.63) is 11.1 Å². The summed E-state index contributed by atoms with van der Waals surface area (Å²) in [6, 6.07) is 0. The molecule has 0 aromatic heterocycles. The number of aliphatic hydroxyl groups is 3. The van der Waals surface area contributed by atoms with Crippen LogP contribution in [0.25, 0.3) is 0 Å². The molecule has 0 bridgehead atoms. The third kappa shape index (κ3) is 2.45. The second-order valence-corrected chi connectivity index (χ2v) is 6.68. The summed E-state index contributed by atoms with van der Waals surface area (Å²) in [4.78, 5) is 12.3. The summed E-state index contributed by atoms with van der Waals surface area (Å²) >= 11 is 0. The molecule has 3 N–H and O–H groups in total. The third-order valence-corrected chi connectivity index (χ3v) is 4.78.